The van der Waals surface area contributed by atoms with Crippen LogP contribution in [0.25, 0.3) is 10.4 Å². The van der Waals surface area contributed by atoms with Crippen molar-refractivity contribution in [3.63, 3.8) is 0 Å². The summed E-state index contributed by atoms with van der Waals surface area (Å²) in [6.45, 7) is 2.27. The summed E-state index contributed by atoms with van der Waals surface area (Å²) < 4.78 is 0. The molecular formula is C13H25N5O. The van der Waals surface area contributed by atoms with E-state index in [1.54, 1.807) is 6.92 Å². The number of unbranched alkanes of at least 4 members (excludes halogenated alkanes) is 6. The van der Waals surface area contributed by atoms with E-state index in [-0.39, 0.29) is 11.4 Å². The molecule has 0 spiro atoms. The van der Waals surface area contributed by atoms with E-state index >= 15 is 0 Å². The van der Waals surface area contributed by atoms with E-state index < -0.39 is 0 Å². The number of hydrazine groups is 1. The van der Waals surface area contributed by atoms with Crippen LogP contribution >= 0.6 is 0 Å². The van der Waals surface area contributed by atoms with Gasteiger partial charge in [0.1, 0.15) is 11.4 Å². The van der Waals surface area contributed by atoms with Crippen molar-refractivity contribution in [1.82, 2.24) is 10.9 Å². The molecule has 0 aliphatic carbocycles. The van der Waals surface area contributed by atoms with E-state index in [0.717, 1.165) is 25.7 Å². The summed E-state index contributed by atoms with van der Waals surface area (Å²) in [5.41, 5.74) is 14.2. The molecule has 0 radical (unpaired) electrons. The van der Waals surface area contributed by atoms with Gasteiger partial charge in [-0.2, -0.15) is 0 Å². The summed E-state index contributed by atoms with van der Waals surface area (Å²) in [4.78, 5) is 13.8. The predicted molar refractivity (Wildman–Crippen MR) is 75.2 cm³/mol. The number of carbonyl (C=O) groups is 1. The van der Waals surface area contributed by atoms with E-state index in [1.165, 1.54) is 25.7 Å². The molecule has 108 valence electrons. The molecule has 1 rings (SSSR count). The lowest BCUT2D eigenvalue weighted by Gasteiger charge is -2.09. The Morgan fingerprint density at radius 3 is 2.21 bits per heavy atom. The number of Topliss-reactive ketones (excluding diaryl/α,β-unsaturated/α-hetero) is 1. The standard InChI is InChI=1S/C13H25N5O/c1-12(19)11-13(16-17-13)9-7-5-3-2-4-6-8-10-15-18-14/h16-17H,2-11H2,1H3. The molecule has 6 heteroatoms. The number of hydrogen-bond acceptors (Lipinski definition) is 4. The third kappa shape index (κ3) is 7.82. The Kier molecular flexibility index (Phi) is 7.48. The molecule has 1 aliphatic heterocycles. The molecule has 19 heavy (non-hydrogen) atoms. The highest BCUT2D eigenvalue weighted by Gasteiger charge is 2.41. The summed E-state index contributed by atoms with van der Waals surface area (Å²) in [7, 11) is 0. The van der Waals surface area contributed by atoms with Crippen LogP contribution in [0, 0.1) is 0 Å². The van der Waals surface area contributed by atoms with Crippen LogP contribution in [-0.2, 0) is 4.79 Å². The first-order valence-electron chi connectivity index (χ1n) is 7.23. The summed E-state index contributed by atoms with van der Waals surface area (Å²) in [5.74, 6) is 0.234. The molecular weight excluding hydrogens is 242 g/mol. The van der Waals surface area contributed by atoms with Crippen molar-refractivity contribution in [1.29, 1.82) is 0 Å². The molecule has 1 fully saturated rings. The largest absolute Gasteiger partial charge is 0.300 e. The number of nitrogens with zero attached hydrogens (tertiary/aromatic N) is 3. The van der Waals surface area contributed by atoms with Gasteiger partial charge in [0, 0.05) is 17.9 Å². The van der Waals surface area contributed by atoms with Gasteiger partial charge in [-0.05, 0) is 25.3 Å². The topological polar surface area (TPSA) is 110 Å². The van der Waals surface area contributed by atoms with Crippen molar-refractivity contribution in [2.24, 2.45) is 5.11 Å². The van der Waals surface area contributed by atoms with Gasteiger partial charge in [0.25, 0.3) is 0 Å². The Bertz CT molecular complexity index is 321. The summed E-state index contributed by atoms with van der Waals surface area (Å²) in [6, 6.07) is 0. The van der Waals surface area contributed by atoms with E-state index in [2.05, 4.69) is 20.9 Å². The molecule has 0 unspecified atom stereocenters. The molecule has 0 saturated carbocycles. The Hall–Kier alpha value is -1.10. The van der Waals surface area contributed by atoms with Crippen molar-refractivity contribution in [2.45, 2.75) is 70.4 Å². The second kappa shape index (κ2) is 8.91. The lowest BCUT2D eigenvalue weighted by atomic mass is 10.00. The summed E-state index contributed by atoms with van der Waals surface area (Å²) in [6.07, 6.45) is 9.86. The molecule has 0 aromatic carbocycles. The van der Waals surface area contributed by atoms with Crippen LogP contribution in [-0.4, -0.2) is 18.0 Å². The lowest BCUT2D eigenvalue weighted by Crippen LogP contribution is -2.21. The first kappa shape index (κ1) is 16.0. The monoisotopic (exact) mass is 267 g/mol. The van der Waals surface area contributed by atoms with Gasteiger partial charge in [0.05, 0.1) is 0 Å². The average Bonchev–Trinajstić information content (AvgIpc) is 3.11. The van der Waals surface area contributed by atoms with Gasteiger partial charge >= 0.3 is 0 Å². The second-order valence-corrected chi connectivity index (χ2v) is 5.39. The molecule has 1 heterocycles. The van der Waals surface area contributed by atoms with Crippen molar-refractivity contribution >= 4 is 5.78 Å². The molecule has 0 aromatic heterocycles. The Morgan fingerprint density at radius 2 is 1.68 bits per heavy atom. The molecule has 1 aliphatic rings. The third-order valence-corrected chi connectivity index (χ3v) is 3.45. The predicted octanol–water partition coefficient (Wildman–Crippen LogP) is 3.20. The van der Waals surface area contributed by atoms with E-state index in [0.29, 0.717) is 13.0 Å². The molecule has 6 nitrogen and oxygen atoms in total. The van der Waals surface area contributed by atoms with Gasteiger partial charge < -0.3 is 0 Å². The number of rotatable bonds is 12. The molecule has 1 saturated heterocycles. The van der Waals surface area contributed by atoms with Gasteiger partial charge in [-0.3, -0.25) is 4.79 Å². The fourth-order valence-electron chi connectivity index (χ4n) is 2.35. The minimum atomic E-state index is -0.0822. The van der Waals surface area contributed by atoms with Crippen LogP contribution in [0.5, 0.6) is 0 Å². The number of nitrogens with one attached hydrogen (secondary N) is 2. The van der Waals surface area contributed by atoms with Gasteiger partial charge in [-0.25, -0.2) is 10.9 Å². The van der Waals surface area contributed by atoms with Gasteiger partial charge in [0.15, 0.2) is 0 Å². The fraction of sp³-hybridized carbons (Fsp3) is 0.923. The number of ketones is 1. The van der Waals surface area contributed by atoms with Crippen molar-refractivity contribution in [3.05, 3.63) is 10.4 Å². The van der Waals surface area contributed by atoms with Gasteiger partial charge in [-0.1, -0.05) is 43.6 Å². The van der Waals surface area contributed by atoms with E-state index in [1.807, 2.05) is 0 Å². The quantitative estimate of drug-likeness (QED) is 0.186. The Labute approximate surface area is 114 Å². The Balaban J connectivity index is 1.86. The maximum Gasteiger partial charge on any atom is 0.133 e. The van der Waals surface area contributed by atoms with Gasteiger partial charge in [-0.15, -0.1) is 0 Å². The second-order valence-electron chi connectivity index (χ2n) is 5.39. The van der Waals surface area contributed by atoms with Crippen molar-refractivity contribution in [2.75, 3.05) is 6.54 Å². The average molecular weight is 267 g/mol. The van der Waals surface area contributed by atoms with Gasteiger partial charge in [0.2, 0.25) is 0 Å². The minimum Gasteiger partial charge on any atom is -0.300 e. The fourth-order valence-corrected chi connectivity index (χ4v) is 2.35. The zero-order valence-corrected chi connectivity index (χ0v) is 11.8. The maximum absolute atomic E-state index is 11.1. The number of carbonyl (C=O) groups excluding carboxylic acids is 1. The molecule has 0 bridgehead atoms. The lowest BCUT2D eigenvalue weighted by molar-refractivity contribution is -0.117. The SMILES string of the molecule is CC(=O)CC1(CCCCCCCCCN=[N+]=[N-])NN1. The first-order chi connectivity index (χ1) is 9.18. The van der Waals surface area contributed by atoms with Crippen LogP contribution in [0.15, 0.2) is 5.11 Å². The van der Waals surface area contributed by atoms with Crippen LogP contribution in [0.1, 0.15) is 64.7 Å². The van der Waals surface area contributed by atoms with Crippen LogP contribution in [0.4, 0.5) is 0 Å². The maximum atomic E-state index is 11.1. The van der Waals surface area contributed by atoms with Crippen molar-refractivity contribution < 1.29 is 4.79 Å². The zero-order valence-electron chi connectivity index (χ0n) is 11.8. The highest BCUT2D eigenvalue weighted by atomic mass is 16.1. The first-order valence-corrected chi connectivity index (χ1v) is 7.23. The van der Waals surface area contributed by atoms with Crippen LogP contribution in [0.2, 0.25) is 0 Å². The normalized spacial score (nSPS) is 15.8. The van der Waals surface area contributed by atoms with E-state index in [4.69, 9.17) is 5.53 Å². The summed E-state index contributed by atoms with van der Waals surface area (Å²) in [5, 5.41) is 3.52. The number of azide groups is 1. The minimum absolute atomic E-state index is 0.0822. The molecule has 0 aromatic rings. The smallest absolute Gasteiger partial charge is 0.133 e. The molecule has 2 N–H and O–H groups in total. The molecule has 0 atom stereocenters. The van der Waals surface area contributed by atoms with Crippen LogP contribution in [0.3, 0.4) is 0 Å². The van der Waals surface area contributed by atoms with E-state index in [9.17, 15) is 4.79 Å². The number of hydrogen-bond donors (Lipinski definition) is 2. The zero-order chi connectivity index (χ0) is 14.0. The highest BCUT2D eigenvalue weighted by Crippen LogP contribution is 2.24. The molecule has 0 amide bonds. The summed E-state index contributed by atoms with van der Waals surface area (Å²) >= 11 is 0. The third-order valence-electron chi connectivity index (χ3n) is 3.45. The highest BCUT2D eigenvalue weighted by molar-refractivity contribution is 5.77. The van der Waals surface area contributed by atoms with Crippen LogP contribution < -0.4 is 10.9 Å². The van der Waals surface area contributed by atoms with Crippen molar-refractivity contribution in [3.8, 4) is 0 Å². The Morgan fingerprint density at radius 1 is 1.11 bits per heavy atom.